The number of allylic oxidation sites excluding steroid dienone is 8. The lowest BCUT2D eigenvalue weighted by Crippen LogP contribution is -2.25. The first-order valence-corrected chi connectivity index (χ1v) is 19.2. The summed E-state index contributed by atoms with van der Waals surface area (Å²) in [6, 6.07) is 0. The van der Waals surface area contributed by atoms with Crippen LogP contribution in [0, 0.1) is 0 Å². The van der Waals surface area contributed by atoms with Crippen molar-refractivity contribution in [2.24, 2.45) is 0 Å². The number of aliphatic hydroxyl groups excluding tert-OH is 3. The fraction of sp³-hybridized carbons (Fsp3) is 0.667. The Balaban J connectivity index is 3.74. The summed E-state index contributed by atoms with van der Waals surface area (Å²) in [4.78, 5) is 23.9. The van der Waals surface area contributed by atoms with Crippen LogP contribution in [-0.2, 0) is 19.1 Å². The SMILES string of the molecule is CC/C=C\C[C@@H](O)/C=C/C=C\C/C=C\C=C\[C@@H](O)/C=C\CCCC(=O)OC[C@@H](O)COC(=O)CCCCCCCCCCCCCCCC. The summed E-state index contributed by atoms with van der Waals surface area (Å²) >= 11 is 0. The summed E-state index contributed by atoms with van der Waals surface area (Å²) in [5.41, 5.74) is 0. The van der Waals surface area contributed by atoms with E-state index in [9.17, 15) is 24.9 Å². The number of aliphatic hydroxyl groups is 3. The van der Waals surface area contributed by atoms with Crippen LogP contribution in [0.2, 0.25) is 0 Å². The second-order valence-corrected chi connectivity index (χ2v) is 12.7. The lowest BCUT2D eigenvalue weighted by atomic mass is 10.0. The van der Waals surface area contributed by atoms with Gasteiger partial charge in [-0.15, -0.1) is 0 Å². The molecule has 0 aromatic heterocycles. The maximum Gasteiger partial charge on any atom is 0.305 e. The predicted molar refractivity (Wildman–Crippen MR) is 203 cm³/mol. The molecule has 49 heavy (non-hydrogen) atoms. The van der Waals surface area contributed by atoms with Crippen molar-refractivity contribution in [3.63, 3.8) is 0 Å². The van der Waals surface area contributed by atoms with Gasteiger partial charge >= 0.3 is 11.9 Å². The van der Waals surface area contributed by atoms with Crippen molar-refractivity contribution >= 4 is 11.9 Å². The van der Waals surface area contributed by atoms with Gasteiger partial charge in [-0.1, -0.05) is 170 Å². The summed E-state index contributed by atoms with van der Waals surface area (Å²) in [6.07, 6.45) is 41.7. The molecule has 280 valence electrons. The molecule has 0 fully saturated rings. The third-order valence-corrected chi connectivity index (χ3v) is 7.88. The molecule has 0 saturated carbocycles. The normalized spacial score (nSPS) is 14.3. The van der Waals surface area contributed by atoms with E-state index in [1.165, 1.54) is 70.6 Å². The fourth-order valence-corrected chi connectivity index (χ4v) is 4.94. The largest absolute Gasteiger partial charge is 0.463 e. The first kappa shape index (κ1) is 46.3. The number of unbranched alkanes of at least 4 members (excludes halogenated alkanes) is 14. The maximum absolute atomic E-state index is 12.0. The van der Waals surface area contributed by atoms with Gasteiger partial charge in [0, 0.05) is 12.8 Å². The van der Waals surface area contributed by atoms with Crippen molar-refractivity contribution in [1.82, 2.24) is 0 Å². The molecule has 0 heterocycles. The molecular formula is C42H70O7. The highest BCUT2D eigenvalue weighted by molar-refractivity contribution is 5.69. The average molecular weight is 687 g/mol. The van der Waals surface area contributed by atoms with Gasteiger partial charge in [0.05, 0.1) is 12.2 Å². The molecule has 0 unspecified atom stereocenters. The third kappa shape index (κ3) is 36.4. The molecule has 0 spiro atoms. The first-order valence-electron chi connectivity index (χ1n) is 19.2. The van der Waals surface area contributed by atoms with Crippen LogP contribution in [0.25, 0.3) is 0 Å². The van der Waals surface area contributed by atoms with Gasteiger partial charge in [0.15, 0.2) is 0 Å². The van der Waals surface area contributed by atoms with Crippen LogP contribution >= 0.6 is 0 Å². The second kappa shape index (κ2) is 36.5. The van der Waals surface area contributed by atoms with Crippen molar-refractivity contribution in [2.45, 2.75) is 167 Å². The van der Waals surface area contributed by atoms with E-state index in [2.05, 4.69) is 13.8 Å². The molecule has 7 heteroatoms. The van der Waals surface area contributed by atoms with Crippen LogP contribution in [0.5, 0.6) is 0 Å². The topological polar surface area (TPSA) is 113 Å². The fourth-order valence-electron chi connectivity index (χ4n) is 4.94. The van der Waals surface area contributed by atoms with E-state index in [4.69, 9.17) is 9.47 Å². The van der Waals surface area contributed by atoms with Crippen LogP contribution in [-0.4, -0.2) is 58.8 Å². The average Bonchev–Trinajstić information content (AvgIpc) is 3.09. The number of carbonyl (C=O) groups excluding carboxylic acids is 2. The van der Waals surface area contributed by atoms with Crippen LogP contribution in [0.3, 0.4) is 0 Å². The van der Waals surface area contributed by atoms with Crippen molar-refractivity contribution in [2.75, 3.05) is 13.2 Å². The van der Waals surface area contributed by atoms with Gasteiger partial charge in [-0.2, -0.15) is 0 Å². The molecule has 3 atom stereocenters. The Morgan fingerprint density at radius 3 is 1.61 bits per heavy atom. The van der Waals surface area contributed by atoms with Crippen molar-refractivity contribution in [3.05, 3.63) is 72.9 Å². The van der Waals surface area contributed by atoms with Gasteiger partial charge in [-0.25, -0.2) is 0 Å². The van der Waals surface area contributed by atoms with Crippen LogP contribution in [0.15, 0.2) is 72.9 Å². The summed E-state index contributed by atoms with van der Waals surface area (Å²) in [5.74, 6) is -0.745. The van der Waals surface area contributed by atoms with Crippen molar-refractivity contribution < 1.29 is 34.4 Å². The highest BCUT2D eigenvalue weighted by Crippen LogP contribution is 2.13. The van der Waals surface area contributed by atoms with Crippen molar-refractivity contribution in [1.29, 1.82) is 0 Å². The Morgan fingerprint density at radius 1 is 0.551 bits per heavy atom. The molecule has 0 rings (SSSR count). The molecule has 3 N–H and O–H groups in total. The van der Waals surface area contributed by atoms with E-state index < -0.39 is 24.3 Å². The third-order valence-electron chi connectivity index (χ3n) is 7.88. The summed E-state index contributed by atoms with van der Waals surface area (Å²) < 4.78 is 10.2. The Bertz CT molecular complexity index is 947. The Labute approximate surface area is 298 Å². The van der Waals surface area contributed by atoms with E-state index in [0.717, 1.165) is 32.1 Å². The van der Waals surface area contributed by atoms with Crippen LogP contribution < -0.4 is 0 Å². The van der Waals surface area contributed by atoms with Gasteiger partial charge in [-0.3, -0.25) is 9.59 Å². The Morgan fingerprint density at radius 2 is 1.06 bits per heavy atom. The highest BCUT2D eigenvalue weighted by atomic mass is 16.6. The van der Waals surface area contributed by atoms with E-state index in [1.54, 1.807) is 24.3 Å². The molecule has 0 radical (unpaired) electrons. The minimum Gasteiger partial charge on any atom is -0.463 e. The van der Waals surface area contributed by atoms with Gasteiger partial charge in [-0.05, 0) is 38.5 Å². The molecule has 0 bridgehead atoms. The highest BCUT2D eigenvalue weighted by Gasteiger charge is 2.12. The number of hydrogen-bond donors (Lipinski definition) is 3. The molecule has 0 aliphatic rings. The molecular weight excluding hydrogens is 616 g/mol. The zero-order chi connectivity index (χ0) is 36.0. The van der Waals surface area contributed by atoms with E-state index in [0.29, 0.717) is 25.7 Å². The molecule has 0 saturated heterocycles. The van der Waals surface area contributed by atoms with Gasteiger partial charge < -0.3 is 24.8 Å². The van der Waals surface area contributed by atoms with Gasteiger partial charge in [0.1, 0.15) is 19.3 Å². The molecule has 0 amide bonds. The maximum atomic E-state index is 12.0. The summed E-state index contributed by atoms with van der Waals surface area (Å²) in [7, 11) is 0. The standard InChI is InChI=1S/C42H70O7/c1-3-5-7-8-9-10-11-12-13-14-15-19-22-28-34-41(46)48-36-40(45)37-49-42(47)35-29-23-27-33-39(44)32-26-21-18-16-17-20-25-31-38(43)30-24-6-4-2/h6,17-18,20-21,24-27,31-33,38-40,43-45H,3-5,7-16,19,22-23,28-30,34-37H2,1-2H3/b20-17-,21-18-,24-6-,31-25+,32-26+,33-27-/t38-,39-,40+/m1/s1. The number of hydrogen-bond acceptors (Lipinski definition) is 7. The number of rotatable bonds is 33. The minimum atomic E-state index is -1.04. The van der Waals surface area contributed by atoms with Gasteiger partial charge in [0.25, 0.3) is 0 Å². The van der Waals surface area contributed by atoms with Crippen LogP contribution in [0.4, 0.5) is 0 Å². The molecule has 0 aliphatic carbocycles. The number of ether oxygens (including phenoxy) is 2. The Kier molecular flexibility index (Phi) is 34.5. The van der Waals surface area contributed by atoms with E-state index >= 15 is 0 Å². The summed E-state index contributed by atoms with van der Waals surface area (Å²) in [5, 5.41) is 29.8. The minimum absolute atomic E-state index is 0.176. The molecule has 0 aromatic rings. The van der Waals surface area contributed by atoms with E-state index in [1.807, 2.05) is 48.6 Å². The number of esters is 2. The quantitative estimate of drug-likeness (QED) is 0.0273. The second-order valence-electron chi connectivity index (χ2n) is 12.7. The molecule has 0 aromatic carbocycles. The first-order chi connectivity index (χ1) is 23.9. The van der Waals surface area contributed by atoms with E-state index in [-0.39, 0.29) is 25.6 Å². The zero-order valence-corrected chi connectivity index (χ0v) is 30.9. The van der Waals surface area contributed by atoms with Crippen molar-refractivity contribution in [3.8, 4) is 0 Å². The lowest BCUT2D eigenvalue weighted by molar-refractivity contribution is -0.152. The van der Waals surface area contributed by atoms with Gasteiger partial charge in [0.2, 0.25) is 0 Å². The smallest absolute Gasteiger partial charge is 0.305 e. The number of carbonyl (C=O) groups is 2. The Hall–Kier alpha value is -2.74. The molecule has 7 nitrogen and oxygen atoms in total. The zero-order valence-electron chi connectivity index (χ0n) is 30.9. The summed E-state index contributed by atoms with van der Waals surface area (Å²) in [6.45, 7) is 3.94. The lowest BCUT2D eigenvalue weighted by Gasteiger charge is -2.12. The monoisotopic (exact) mass is 687 g/mol. The van der Waals surface area contributed by atoms with Crippen LogP contribution in [0.1, 0.15) is 149 Å². The molecule has 0 aliphatic heterocycles. The predicted octanol–water partition coefficient (Wildman–Crippen LogP) is 9.72.